The van der Waals surface area contributed by atoms with Crippen LogP contribution in [0.1, 0.15) is 28.8 Å². The van der Waals surface area contributed by atoms with Crippen LogP contribution in [-0.4, -0.2) is 31.7 Å². The smallest absolute Gasteiger partial charge is 0.254 e. The minimum absolute atomic E-state index is 0.0884. The van der Waals surface area contributed by atoms with Crippen LogP contribution >= 0.6 is 23.4 Å². The molecule has 3 aromatic rings. The number of Topliss-reactive ketones (excluding diaryl/α,β-unsaturated/α-hetero) is 1. The number of nitriles is 1. The molecule has 1 heterocycles. The third-order valence-corrected chi connectivity index (χ3v) is 7.58. The number of allylic oxidation sites excluding steroid dienone is 2. The van der Waals surface area contributed by atoms with Crippen LogP contribution in [0.4, 0.5) is 5.69 Å². The molecule has 1 atom stereocenters. The van der Waals surface area contributed by atoms with Crippen molar-refractivity contribution in [3.05, 3.63) is 111 Å². The van der Waals surface area contributed by atoms with Gasteiger partial charge in [-0.05, 0) is 55.0 Å². The number of carbonyl (C=O) groups is 2. The van der Waals surface area contributed by atoms with E-state index in [1.807, 2.05) is 6.07 Å². The van der Waals surface area contributed by atoms with Crippen molar-refractivity contribution in [3.63, 3.8) is 0 Å². The summed E-state index contributed by atoms with van der Waals surface area (Å²) in [6.07, 6.45) is 0. The quantitative estimate of drug-likeness (QED) is 0.296. The summed E-state index contributed by atoms with van der Waals surface area (Å²) in [6, 6.07) is 23.3. The lowest BCUT2D eigenvalue weighted by Gasteiger charge is -2.30. The number of rotatable bonds is 9. The number of nitrogens with zero attached hydrogens (tertiary/aromatic N) is 1. The van der Waals surface area contributed by atoms with Crippen molar-refractivity contribution in [2.24, 2.45) is 0 Å². The lowest BCUT2D eigenvalue weighted by atomic mass is 9.82. The molecule has 0 unspecified atom stereocenters. The van der Waals surface area contributed by atoms with Gasteiger partial charge in [-0.15, -0.1) is 0 Å². The van der Waals surface area contributed by atoms with Gasteiger partial charge in [-0.3, -0.25) is 9.59 Å². The summed E-state index contributed by atoms with van der Waals surface area (Å²) in [5, 5.41) is 17.3. The summed E-state index contributed by atoms with van der Waals surface area (Å²) in [6.45, 7) is 1.76. The number of nitrogens with one attached hydrogen (secondary N) is 2. The molecule has 1 amide bonds. The molecular formula is C30H26ClN3O4S. The van der Waals surface area contributed by atoms with Crippen LogP contribution in [0, 0.1) is 11.3 Å². The zero-order chi connectivity index (χ0) is 27.9. The number of amides is 1. The van der Waals surface area contributed by atoms with E-state index in [1.165, 1.54) is 18.9 Å². The fraction of sp³-hybridized carbons (Fsp3) is 0.167. The second-order valence-electron chi connectivity index (χ2n) is 8.57. The van der Waals surface area contributed by atoms with E-state index in [4.69, 9.17) is 21.1 Å². The highest BCUT2D eigenvalue weighted by molar-refractivity contribution is 8.03. The molecule has 0 bridgehead atoms. The molecule has 0 fully saturated rings. The molecule has 2 N–H and O–H groups in total. The zero-order valence-electron chi connectivity index (χ0n) is 21.6. The van der Waals surface area contributed by atoms with Crippen molar-refractivity contribution in [2.45, 2.75) is 12.8 Å². The highest BCUT2D eigenvalue weighted by Crippen LogP contribution is 2.43. The van der Waals surface area contributed by atoms with Gasteiger partial charge in [-0.25, -0.2) is 0 Å². The second kappa shape index (κ2) is 12.6. The number of hydrogen-bond donors (Lipinski definition) is 2. The number of hydrogen-bond acceptors (Lipinski definition) is 7. The van der Waals surface area contributed by atoms with Crippen molar-refractivity contribution < 1.29 is 19.1 Å². The lowest BCUT2D eigenvalue weighted by molar-refractivity contribution is -0.113. The van der Waals surface area contributed by atoms with Crippen molar-refractivity contribution in [1.29, 1.82) is 5.26 Å². The largest absolute Gasteiger partial charge is 0.497 e. The molecule has 0 aliphatic carbocycles. The Morgan fingerprint density at radius 2 is 1.72 bits per heavy atom. The topological polar surface area (TPSA) is 100 Å². The monoisotopic (exact) mass is 559 g/mol. The standard InChI is InChI=1S/C30H26ClN3O4S/c1-18-27(29(36)34-24-10-6-7-11-26(24)38-3)28(21-8-4-5-9-23(21)31)22(16-32)30(33-18)39-17-25(35)19-12-14-20(37-2)15-13-19/h4-15,28,33H,17H2,1-3H3,(H,34,36)/t28-/m1/s1. The van der Waals surface area contributed by atoms with Crippen molar-refractivity contribution in [1.82, 2.24) is 5.32 Å². The van der Waals surface area contributed by atoms with Crippen molar-refractivity contribution in [2.75, 3.05) is 25.3 Å². The Morgan fingerprint density at radius 1 is 1.03 bits per heavy atom. The van der Waals surface area contributed by atoms with Crippen molar-refractivity contribution in [3.8, 4) is 17.6 Å². The van der Waals surface area contributed by atoms with Gasteiger partial charge in [-0.1, -0.05) is 53.7 Å². The predicted molar refractivity (Wildman–Crippen MR) is 154 cm³/mol. The van der Waals surface area contributed by atoms with Gasteiger partial charge in [0.1, 0.15) is 11.5 Å². The van der Waals surface area contributed by atoms with E-state index < -0.39 is 11.8 Å². The number of anilines is 1. The number of methoxy groups -OCH3 is 2. The maximum Gasteiger partial charge on any atom is 0.254 e. The van der Waals surface area contributed by atoms with Gasteiger partial charge < -0.3 is 20.1 Å². The predicted octanol–water partition coefficient (Wildman–Crippen LogP) is 6.31. The van der Waals surface area contributed by atoms with Gasteiger partial charge in [-0.2, -0.15) is 5.26 Å². The third kappa shape index (κ3) is 6.11. The maximum atomic E-state index is 13.7. The summed E-state index contributed by atoms with van der Waals surface area (Å²) >= 11 is 7.80. The molecule has 0 aromatic heterocycles. The van der Waals surface area contributed by atoms with Crippen LogP contribution in [0.15, 0.2) is 94.7 Å². The Balaban J connectivity index is 1.69. The first-order chi connectivity index (χ1) is 18.9. The highest BCUT2D eigenvalue weighted by atomic mass is 35.5. The second-order valence-corrected chi connectivity index (χ2v) is 9.96. The van der Waals surface area contributed by atoms with E-state index in [-0.39, 0.29) is 11.5 Å². The molecule has 39 heavy (non-hydrogen) atoms. The molecule has 9 heteroatoms. The molecule has 0 saturated heterocycles. The lowest BCUT2D eigenvalue weighted by Crippen LogP contribution is -2.31. The first-order valence-corrected chi connectivity index (χ1v) is 13.3. The number of benzene rings is 3. The van der Waals surface area contributed by atoms with Gasteiger partial charge in [0.25, 0.3) is 5.91 Å². The number of carbonyl (C=O) groups excluding carboxylic acids is 2. The molecule has 0 radical (unpaired) electrons. The van der Waals surface area contributed by atoms with Gasteiger partial charge in [0.15, 0.2) is 5.78 Å². The molecule has 1 aliphatic heterocycles. The molecule has 0 saturated carbocycles. The van der Waals surface area contributed by atoms with Gasteiger partial charge >= 0.3 is 0 Å². The van der Waals surface area contributed by atoms with Crippen LogP contribution in [-0.2, 0) is 4.79 Å². The Morgan fingerprint density at radius 3 is 2.38 bits per heavy atom. The normalized spacial score (nSPS) is 14.8. The van der Waals surface area contributed by atoms with Crippen LogP contribution < -0.4 is 20.1 Å². The van der Waals surface area contributed by atoms with Gasteiger partial charge in [0.05, 0.1) is 48.2 Å². The summed E-state index contributed by atoms with van der Waals surface area (Å²) < 4.78 is 10.5. The fourth-order valence-electron chi connectivity index (χ4n) is 4.28. The van der Waals surface area contributed by atoms with E-state index in [9.17, 15) is 14.9 Å². The Labute approximate surface area is 236 Å². The first-order valence-electron chi connectivity index (χ1n) is 12.0. The first kappa shape index (κ1) is 27.8. The fourth-order valence-corrected chi connectivity index (χ4v) is 5.51. The number of thioether (sulfide) groups is 1. The highest BCUT2D eigenvalue weighted by Gasteiger charge is 2.36. The molecule has 4 rings (SSSR count). The van der Waals surface area contributed by atoms with Gasteiger partial charge in [0, 0.05) is 21.9 Å². The number of halogens is 1. The van der Waals surface area contributed by atoms with Crippen LogP contribution in [0.3, 0.4) is 0 Å². The van der Waals surface area contributed by atoms with E-state index in [0.717, 1.165) is 0 Å². The van der Waals surface area contributed by atoms with Gasteiger partial charge in [0.2, 0.25) is 0 Å². The number of dihydropyridines is 1. The van der Waals surface area contributed by atoms with E-state index in [2.05, 4.69) is 16.7 Å². The molecule has 1 aliphatic rings. The maximum absolute atomic E-state index is 13.7. The number of ketones is 1. The summed E-state index contributed by atoms with van der Waals surface area (Å²) in [4.78, 5) is 26.6. The molecule has 3 aromatic carbocycles. The minimum atomic E-state index is -0.752. The summed E-state index contributed by atoms with van der Waals surface area (Å²) in [5.41, 5.74) is 2.83. The van der Waals surface area contributed by atoms with Crippen LogP contribution in [0.5, 0.6) is 11.5 Å². The molecule has 7 nitrogen and oxygen atoms in total. The van der Waals surface area contributed by atoms with E-state index >= 15 is 0 Å². The van der Waals surface area contributed by atoms with Crippen molar-refractivity contribution >= 4 is 40.7 Å². The summed E-state index contributed by atoms with van der Waals surface area (Å²) in [7, 11) is 3.09. The van der Waals surface area contributed by atoms with Crippen LogP contribution in [0.25, 0.3) is 0 Å². The van der Waals surface area contributed by atoms with E-state index in [0.29, 0.717) is 55.2 Å². The number of ether oxygens (including phenoxy) is 2. The Bertz CT molecular complexity index is 1510. The zero-order valence-corrected chi connectivity index (χ0v) is 23.2. The molecular weight excluding hydrogens is 534 g/mol. The van der Waals surface area contributed by atoms with Crippen LogP contribution in [0.2, 0.25) is 5.02 Å². The molecule has 198 valence electrons. The Kier molecular flexibility index (Phi) is 8.97. The van der Waals surface area contributed by atoms with E-state index in [1.54, 1.807) is 80.8 Å². The third-order valence-electron chi connectivity index (χ3n) is 6.22. The number of para-hydroxylation sites is 2. The minimum Gasteiger partial charge on any atom is -0.497 e. The average Bonchev–Trinajstić information content (AvgIpc) is 2.96. The molecule has 0 spiro atoms. The Hall–Kier alpha value is -4.19. The SMILES string of the molecule is COc1ccc(C(=O)CSC2=C(C#N)[C@@H](c3ccccc3Cl)C(C(=O)Nc3ccccc3OC)=C(C)N2)cc1. The average molecular weight is 560 g/mol. The summed E-state index contributed by atoms with van der Waals surface area (Å²) in [5.74, 6) is -0.00877.